The Labute approximate surface area is 155 Å². The molecule has 0 N–H and O–H groups in total. The number of hydrogen-bond acceptors (Lipinski definition) is 1. The van der Waals surface area contributed by atoms with Gasteiger partial charge in [-0.15, -0.1) is 0 Å². The molecule has 1 heterocycles. The van der Waals surface area contributed by atoms with E-state index >= 15 is 0 Å². The van der Waals surface area contributed by atoms with E-state index in [1.807, 2.05) is 0 Å². The lowest BCUT2D eigenvalue weighted by molar-refractivity contribution is 0.388. The van der Waals surface area contributed by atoms with Gasteiger partial charge < -0.3 is 9.47 Å². The molecule has 0 spiro atoms. The van der Waals surface area contributed by atoms with Gasteiger partial charge in [0.15, 0.2) is 0 Å². The smallest absolute Gasteiger partial charge is 0.0571 e. The molecule has 2 heteroatoms. The van der Waals surface area contributed by atoms with Crippen LogP contribution in [0.2, 0.25) is 0 Å². The maximum atomic E-state index is 2.48. The van der Waals surface area contributed by atoms with Gasteiger partial charge in [0.2, 0.25) is 0 Å². The molecule has 0 bridgehead atoms. The van der Waals surface area contributed by atoms with Crippen molar-refractivity contribution in [1.82, 2.24) is 9.47 Å². The molecule has 1 aromatic heterocycles. The molecule has 0 unspecified atom stereocenters. The van der Waals surface area contributed by atoms with Gasteiger partial charge in [0, 0.05) is 29.6 Å². The van der Waals surface area contributed by atoms with E-state index in [1.54, 1.807) is 0 Å². The van der Waals surface area contributed by atoms with E-state index in [2.05, 4.69) is 108 Å². The second kappa shape index (κ2) is 7.19. The van der Waals surface area contributed by atoms with Crippen molar-refractivity contribution >= 4 is 10.9 Å². The van der Waals surface area contributed by atoms with E-state index in [9.17, 15) is 0 Å². The van der Waals surface area contributed by atoms with Gasteiger partial charge >= 0.3 is 0 Å². The van der Waals surface area contributed by atoms with Crippen LogP contribution < -0.4 is 0 Å². The third-order valence-electron chi connectivity index (χ3n) is 4.85. The van der Waals surface area contributed by atoms with Crippen LogP contribution in [-0.4, -0.2) is 30.1 Å². The molecule has 26 heavy (non-hydrogen) atoms. The Bertz CT molecular complexity index is 999. The molecule has 0 atom stereocenters. The summed E-state index contributed by atoms with van der Waals surface area (Å²) in [5.41, 5.74) is 6.46. The number of para-hydroxylation sites is 1. The fourth-order valence-corrected chi connectivity index (χ4v) is 3.63. The van der Waals surface area contributed by atoms with Crippen molar-refractivity contribution in [3.8, 4) is 22.4 Å². The van der Waals surface area contributed by atoms with Gasteiger partial charge in [0.05, 0.1) is 5.69 Å². The number of likely N-dealkylation sites (N-methyl/N-ethyl adjacent to an activating group) is 1. The number of benzene rings is 3. The summed E-state index contributed by atoms with van der Waals surface area (Å²) in [6, 6.07) is 30.3. The molecular weight excluding hydrogens is 316 g/mol. The largest absolute Gasteiger partial charge is 0.339 e. The zero-order valence-corrected chi connectivity index (χ0v) is 15.4. The summed E-state index contributed by atoms with van der Waals surface area (Å²) in [4.78, 5) is 2.24. The molecule has 0 amide bonds. The SMILES string of the molecule is CN(C)CCn1c(-c2ccccc2)c(-c2ccccc2)c2ccccc21. The third kappa shape index (κ3) is 3.04. The van der Waals surface area contributed by atoms with Crippen LogP contribution in [0.3, 0.4) is 0 Å². The lowest BCUT2D eigenvalue weighted by Gasteiger charge is -2.16. The lowest BCUT2D eigenvalue weighted by atomic mass is 9.98. The molecule has 0 saturated carbocycles. The molecule has 130 valence electrons. The molecular formula is C24H24N2. The first-order chi connectivity index (χ1) is 12.8. The van der Waals surface area contributed by atoms with Gasteiger partial charge in [-0.25, -0.2) is 0 Å². The second-order valence-corrected chi connectivity index (χ2v) is 6.93. The quantitative estimate of drug-likeness (QED) is 0.463. The Kier molecular flexibility index (Phi) is 4.59. The molecule has 0 radical (unpaired) electrons. The van der Waals surface area contributed by atoms with Crippen molar-refractivity contribution in [1.29, 1.82) is 0 Å². The zero-order valence-electron chi connectivity index (χ0n) is 15.4. The van der Waals surface area contributed by atoms with Crippen molar-refractivity contribution in [3.05, 3.63) is 84.9 Å². The average molecular weight is 340 g/mol. The molecule has 2 nitrogen and oxygen atoms in total. The van der Waals surface area contributed by atoms with Gasteiger partial charge in [-0.2, -0.15) is 0 Å². The molecule has 3 aromatic carbocycles. The summed E-state index contributed by atoms with van der Waals surface area (Å²) >= 11 is 0. The molecule has 0 aliphatic carbocycles. The maximum absolute atomic E-state index is 2.48. The zero-order chi connectivity index (χ0) is 17.9. The van der Waals surface area contributed by atoms with Crippen molar-refractivity contribution in [2.75, 3.05) is 20.6 Å². The van der Waals surface area contributed by atoms with E-state index in [4.69, 9.17) is 0 Å². The highest BCUT2D eigenvalue weighted by atomic mass is 15.1. The predicted molar refractivity (Wildman–Crippen MR) is 111 cm³/mol. The number of rotatable bonds is 5. The van der Waals surface area contributed by atoms with Crippen LogP contribution in [0.4, 0.5) is 0 Å². The highest BCUT2D eigenvalue weighted by Crippen LogP contribution is 2.40. The topological polar surface area (TPSA) is 8.17 Å². The van der Waals surface area contributed by atoms with Crippen LogP contribution in [-0.2, 0) is 6.54 Å². The number of nitrogens with zero attached hydrogens (tertiary/aromatic N) is 2. The van der Waals surface area contributed by atoms with Gasteiger partial charge in [-0.05, 0) is 31.3 Å². The molecule has 4 rings (SSSR count). The number of fused-ring (bicyclic) bond motifs is 1. The van der Waals surface area contributed by atoms with Crippen molar-refractivity contribution in [2.24, 2.45) is 0 Å². The van der Waals surface area contributed by atoms with Crippen LogP contribution in [0, 0.1) is 0 Å². The Hall–Kier alpha value is -2.84. The Morgan fingerprint density at radius 1 is 0.692 bits per heavy atom. The van der Waals surface area contributed by atoms with Gasteiger partial charge in [-0.3, -0.25) is 0 Å². The van der Waals surface area contributed by atoms with Crippen LogP contribution in [0.15, 0.2) is 84.9 Å². The standard InChI is InChI=1S/C24H24N2/c1-25(2)17-18-26-22-16-10-9-15-21(22)23(19-11-5-3-6-12-19)24(26)20-13-7-4-8-14-20/h3-16H,17-18H2,1-2H3. The van der Waals surface area contributed by atoms with E-state index in [0.29, 0.717) is 0 Å². The fraction of sp³-hybridized carbons (Fsp3) is 0.167. The highest BCUT2D eigenvalue weighted by molar-refractivity contribution is 6.04. The highest BCUT2D eigenvalue weighted by Gasteiger charge is 2.19. The maximum Gasteiger partial charge on any atom is 0.0571 e. The van der Waals surface area contributed by atoms with Crippen LogP contribution in [0.25, 0.3) is 33.3 Å². The third-order valence-corrected chi connectivity index (χ3v) is 4.85. The van der Waals surface area contributed by atoms with Gasteiger partial charge in [-0.1, -0.05) is 78.9 Å². The van der Waals surface area contributed by atoms with E-state index in [1.165, 1.54) is 33.3 Å². The Morgan fingerprint density at radius 3 is 1.92 bits per heavy atom. The summed E-state index contributed by atoms with van der Waals surface area (Å²) < 4.78 is 2.48. The van der Waals surface area contributed by atoms with E-state index in [0.717, 1.165) is 13.1 Å². The first-order valence-corrected chi connectivity index (χ1v) is 9.12. The van der Waals surface area contributed by atoms with Gasteiger partial charge in [0.25, 0.3) is 0 Å². The summed E-state index contributed by atoms with van der Waals surface area (Å²) in [7, 11) is 4.26. The average Bonchev–Trinajstić information content (AvgIpc) is 3.02. The second-order valence-electron chi connectivity index (χ2n) is 6.93. The van der Waals surface area contributed by atoms with E-state index < -0.39 is 0 Å². The normalized spacial score (nSPS) is 11.3. The first-order valence-electron chi connectivity index (χ1n) is 9.12. The lowest BCUT2D eigenvalue weighted by Crippen LogP contribution is -2.18. The van der Waals surface area contributed by atoms with Crippen molar-refractivity contribution < 1.29 is 0 Å². The molecule has 4 aromatic rings. The molecule has 0 fully saturated rings. The van der Waals surface area contributed by atoms with Crippen LogP contribution in [0.5, 0.6) is 0 Å². The minimum atomic E-state index is 0.963. The fourth-order valence-electron chi connectivity index (χ4n) is 3.63. The van der Waals surface area contributed by atoms with Crippen LogP contribution in [0.1, 0.15) is 0 Å². The molecule has 0 aliphatic heterocycles. The van der Waals surface area contributed by atoms with Crippen molar-refractivity contribution in [3.63, 3.8) is 0 Å². The van der Waals surface area contributed by atoms with Crippen LogP contribution >= 0.6 is 0 Å². The number of hydrogen-bond donors (Lipinski definition) is 0. The molecule has 0 saturated heterocycles. The Morgan fingerprint density at radius 2 is 1.27 bits per heavy atom. The molecule has 0 aliphatic rings. The number of aromatic nitrogens is 1. The Balaban J connectivity index is 2.05. The summed E-state index contributed by atoms with van der Waals surface area (Å²) in [5, 5.41) is 1.32. The first kappa shape index (κ1) is 16.6. The van der Waals surface area contributed by atoms with Gasteiger partial charge in [0.1, 0.15) is 0 Å². The van der Waals surface area contributed by atoms with E-state index in [-0.39, 0.29) is 0 Å². The summed E-state index contributed by atoms with van der Waals surface area (Å²) in [6.07, 6.45) is 0. The minimum absolute atomic E-state index is 0.963. The monoisotopic (exact) mass is 340 g/mol. The summed E-state index contributed by atoms with van der Waals surface area (Å²) in [5.74, 6) is 0. The predicted octanol–water partition coefficient (Wildman–Crippen LogP) is 5.54. The minimum Gasteiger partial charge on any atom is -0.339 e. The van der Waals surface area contributed by atoms with Crippen molar-refractivity contribution in [2.45, 2.75) is 6.54 Å². The summed E-state index contributed by atoms with van der Waals surface area (Å²) in [6.45, 7) is 1.97.